The molecule has 0 amide bonds. The van der Waals surface area contributed by atoms with Crippen molar-refractivity contribution in [1.82, 2.24) is 10.2 Å². The van der Waals surface area contributed by atoms with E-state index in [1.54, 1.807) is 7.11 Å². The Labute approximate surface area is 129 Å². The van der Waals surface area contributed by atoms with Crippen molar-refractivity contribution in [1.29, 1.82) is 0 Å². The molecule has 1 aromatic rings. The first-order chi connectivity index (χ1) is 10.0. The van der Waals surface area contributed by atoms with Crippen LogP contribution < -0.4 is 10.1 Å². The van der Waals surface area contributed by atoms with Crippen molar-refractivity contribution in [3.8, 4) is 5.75 Å². The standard InChI is InChI=1S/C18H30N2O/c1-13-6-7-18(21-5)16(11-13)17(19-4)12-20-9-8-14(2)10-15(20)3/h6-7,11,14-15,17,19H,8-10,12H2,1-5H3. The molecule has 1 aromatic carbocycles. The third-order valence-electron chi connectivity index (χ3n) is 4.80. The van der Waals surface area contributed by atoms with Crippen molar-refractivity contribution in [3.05, 3.63) is 29.3 Å². The molecule has 0 aliphatic carbocycles. The van der Waals surface area contributed by atoms with Crippen molar-refractivity contribution in [2.75, 3.05) is 27.2 Å². The number of hydrogen-bond donors (Lipinski definition) is 1. The van der Waals surface area contributed by atoms with E-state index in [1.165, 1.54) is 30.5 Å². The summed E-state index contributed by atoms with van der Waals surface area (Å²) in [7, 11) is 3.80. The zero-order valence-corrected chi connectivity index (χ0v) is 14.1. The molecule has 118 valence electrons. The van der Waals surface area contributed by atoms with E-state index in [0.717, 1.165) is 18.2 Å². The molecular weight excluding hydrogens is 260 g/mol. The molecule has 1 aliphatic rings. The fraction of sp³-hybridized carbons (Fsp3) is 0.667. The Bertz CT molecular complexity index is 461. The molecule has 21 heavy (non-hydrogen) atoms. The molecule has 3 heteroatoms. The summed E-state index contributed by atoms with van der Waals surface area (Å²) in [6, 6.07) is 7.42. The van der Waals surface area contributed by atoms with E-state index >= 15 is 0 Å². The number of hydrogen-bond acceptors (Lipinski definition) is 3. The van der Waals surface area contributed by atoms with Gasteiger partial charge in [0.1, 0.15) is 5.75 Å². The maximum Gasteiger partial charge on any atom is 0.123 e. The third-order valence-corrected chi connectivity index (χ3v) is 4.80. The van der Waals surface area contributed by atoms with Crippen LogP contribution in [0.25, 0.3) is 0 Å². The van der Waals surface area contributed by atoms with E-state index in [9.17, 15) is 0 Å². The number of likely N-dealkylation sites (N-methyl/N-ethyl adjacent to an activating group) is 1. The summed E-state index contributed by atoms with van der Waals surface area (Å²) in [6.45, 7) is 9.11. The number of nitrogens with one attached hydrogen (secondary N) is 1. The highest BCUT2D eigenvalue weighted by Crippen LogP contribution is 2.29. The Morgan fingerprint density at radius 1 is 1.38 bits per heavy atom. The van der Waals surface area contributed by atoms with Crippen LogP contribution in [0.5, 0.6) is 5.75 Å². The molecule has 1 heterocycles. The summed E-state index contributed by atoms with van der Waals surface area (Å²) in [5.41, 5.74) is 2.55. The van der Waals surface area contributed by atoms with Crippen molar-refractivity contribution >= 4 is 0 Å². The summed E-state index contributed by atoms with van der Waals surface area (Å²) in [5.74, 6) is 1.84. The molecule has 3 unspecified atom stereocenters. The number of methoxy groups -OCH3 is 1. The first-order valence-electron chi connectivity index (χ1n) is 8.11. The van der Waals surface area contributed by atoms with Crippen LogP contribution in [0, 0.1) is 12.8 Å². The second kappa shape index (κ2) is 7.28. The van der Waals surface area contributed by atoms with Gasteiger partial charge in [0.25, 0.3) is 0 Å². The van der Waals surface area contributed by atoms with Gasteiger partial charge in [-0.15, -0.1) is 0 Å². The van der Waals surface area contributed by atoms with Crippen LogP contribution in [0.1, 0.15) is 43.9 Å². The Balaban J connectivity index is 2.14. The summed E-state index contributed by atoms with van der Waals surface area (Å²) < 4.78 is 5.56. The van der Waals surface area contributed by atoms with E-state index in [4.69, 9.17) is 4.74 Å². The Kier molecular flexibility index (Phi) is 5.65. The molecule has 3 atom stereocenters. The normalized spacial score (nSPS) is 24.8. The van der Waals surface area contributed by atoms with Gasteiger partial charge in [0.15, 0.2) is 0 Å². The van der Waals surface area contributed by atoms with E-state index < -0.39 is 0 Å². The van der Waals surface area contributed by atoms with Gasteiger partial charge in [0.2, 0.25) is 0 Å². The van der Waals surface area contributed by atoms with Crippen molar-refractivity contribution < 1.29 is 4.74 Å². The molecule has 1 N–H and O–H groups in total. The zero-order valence-electron chi connectivity index (χ0n) is 14.1. The Hall–Kier alpha value is -1.06. The second-order valence-corrected chi connectivity index (χ2v) is 6.56. The zero-order chi connectivity index (χ0) is 15.4. The van der Waals surface area contributed by atoms with E-state index in [-0.39, 0.29) is 0 Å². The summed E-state index contributed by atoms with van der Waals surface area (Å²) in [6.07, 6.45) is 2.62. The first kappa shape index (κ1) is 16.3. The van der Waals surface area contributed by atoms with E-state index in [0.29, 0.717) is 12.1 Å². The van der Waals surface area contributed by atoms with Crippen LogP contribution in [-0.2, 0) is 0 Å². The fourth-order valence-electron chi connectivity index (χ4n) is 3.43. The van der Waals surface area contributed by atoms with Gasteiger partial charge in [-0.2, -0.15) is 0 Å². The largest absolute Gasteiger partial charge is 0.496 e. The van der Waals surface area contributed by atoms with Crippen LogP contribution in [0.15, 0.2) is 18.2 Å². The van der Waals surface area contributed by atoms with Crippen molar-refractivity contribution in [2.45, 2.75) is 45.7 Å². The quantitative estimate of drug-likeness (QED) is 0.899. The second-order valence-electron chi connectivity index (χ2n) is 6.56. The maximum atomic E-state index is 5.56. The Morgan fingerprint density at radius 3 is 2.76 bits per heavy atom. The minimum absolute atomic E-state index is 0.315. The van der Waals surface area contributed by atoms with Crippen molar-refractivity contribution in [2.24, 2.45) is 5.92 Å². The molecule has 1 fully saturated rings. The van der Waals surface area contributed by atoms with Gasteiger partial charge in [-0.25, -0.2) is 0 Å². The lowest BCUT2D eigenvalue weighted by Gasteiger charge is -2.38. The van der Waals surface area contributed by atoms with Crippen LogP contribution >= 0.6 is 0 Å². The van der Waals surface area contributed by atoms with E-state index in [1.807, 2.05) is 7.05 Å². The van der Waals surface area contributed by atoms with Crippen LogP contribution in [-0.4, -0.2) is 38.2 Å². The van der Waals surface area contributed by atoms with Crippen molar-refractivity contribution in [3.63, 3.8) is 0 Å². The van der Waals surface area contributed by atoms with Gasteiger partial charge >= 0.3 is 0 Å². The van der Waals surface area contributed by atoms with Crippen LogP contribution in [0.3, 0.4) is 0 Å². The number of rotatable bonds is 5. The lowest BCUT2D eigenvalue weighted by atomic mass is 9.92. The first-order valence-corrected chi connectivity index (χ1v) is 8.11. The number of piperidine rings is 1. The molecular formula is C18H30N2O. The maximum absolute atomic E-state index is 5.56. The number of likely N-dealkylation sites (tertiary alicyclic amines) is 1. The summed E-state index contributed by atoms with van der Waals surface area (Å²) in [5, 5.41) is 3.48. The van der Waals surface area contributed by atoms with Gasteiger partial charge in [-0.05, 0) is 52.3 Å². The minimum atomic E-state index is 0.315. The average molecular weight is 290 g/mol. The third kappa shape index (κ3) is 3.98. The summed E-state index contributed by atoms with van der Waals surface area (Å²) >= 11 is 0. The highest BCUT2D eigenvalue weighted by molar-refractivity contribution is 5.39. The highest BCUT2D eigenvalue weighted by Gasteiger charge is 2.26. The Morgan fingerprint density at radius 2 is 2.14 bits per heavy atom. The molecule has 0 saturated carbocycles. The molecule has 1 saturated heterocycles. The minimum Gasteiger partial charge on any atom is -0.496 e. The molecule has 0 radical (unpaired) electrons. The molecule has 1 aliphatic heterocycles. The lowest BCUT2D eigenvalue weighted by molar-refractivity contribution is 0.117. The van der Waals surface area contributed by atoms with Crippen LogP contribution in [0.2, 0.25) is 0 Å². The lowest BCUT2D eigenvalue weighted by Crippen LogP contribution is -2.44. The molecule has 0 bridgehead atoms. The topological polar surface area (TPSA) is 24.5 Å². The number of aryl methyl sites for hydroxylation is 1. The van der Waals surface area contributed by atoms with Gasteiger partial charge in [-0.1, -0.05) is 24.6 Å². The van der Waals surface area contributed by atoms with Gasteiger partial charge in [0.05, 0.1) is 7.11 Å². The average Bonchev–Trinajstić information content (AvgIpc) is 2.46. The molecule has 3 nitrogen and oxygen atoms in total. The van der Waals surface area contributed by atoms with E-state index in [2.05, 4.69) is 49.2 Å². The smallest absolute Gasteiger partial charge is 0.123 e. The predicted octanol–water partition coefficient (Wildman–Crippen LogP) is 3.38. The number of ether oxygens (including phenoxy) is 1. The monoisotopic (exact) mass is 290 g/mol. The van der Waals surface area contributed by atoms with Gasteiger partial charge in [-0.3, -0.25) is 4.90 Å². The SMILES string of the molecule is CNC(CN1CCC(C)CC1C)c1cc(C)ccc1OC. The number of benzene rings is 1. The highest BCUT2D eigenvalue weighted by atomic mass is 16.5. The predicted molar refractivity (Wildman–Crippen MR) is 89.0 cm³/mol. The van der Waals surface area contributed by atoms with Crippen LogP contribution in [0.4, 0.5) is 0 Å². The van der Waals surface area contributed by atoms with Gasteiger partial charge < -0.3 is 10.1 Å². The molecule has 0 spiro atoms. The molecule has 2 rings (SSSR count). The molecule has 0 aromatic heterocycles. The summed E-state index contributed by atoms with van der Waals surface area (Å²) in [4.78, 5) is 2.61. The number of nitrogens with zero attached hydrogens (tertiary/aromatic N) is 1. The van der Waals surface area contributed by atoms with Gasteiger partial charge in [0, 0.05) is 24.2 Å². The fourth-order valence-corrected chi connectivity index (χ4v) is 3.43.